The van der Waals surface area contributed by atoms with Gasteiger partial charge in [-0.05, 0) is 24.0 Å². The lowest BCUT2D eigenvalue weighted by Crippen LogP contribution is -2.28. The van der Waals surface area contributed by atoms with Crippen LogP contribution in [-0.2, 0) is 12.8 Å². The van der Waals surface area contributed by atoms with E-state index >= 15 is 0 Å². The fourth-order valence-corrected chi connectivity index (χ4v) is 2.82. The average molecular weight is 246 g/mol. The van der Waals surface area contributed by atoms with Crippen LogP contribution in [0.2, 0.25) is 0 Å². The summed E-state index contributed by atoms with van der Waals surface area (Å²) in [7, 11) is 0. The molecule has 3 rings (SSSR count). The maximum Gasteiger partial charge on any atom is 0.107 e. The topological polar surface area (TPSA) is 47.6 Å². The van der Waals surface area contributed by atoms with Gasteiger partial charge < -0.3 is 5.41 Å². The molecule has 1 N–H and O–H groups in total. The van der Waals surface area contributed by atoms with E-state index in [2.05, 4.69) is 6.07 Å². The van der Waals surface area contributed by atoms with Gasteiger partial charge in [0.05, 0.1) is 11.8 Å². The predicted molar refractivity (Wildman–Crippen MR) is 75.2 cm³/mol. The molecule has 2 heteroatoms. The standard InChI is InChI=1S/C17H14N2/c18-12-17(10-13-6-2-1-3-7-13)11-14-8-4-5-9-15(14)16(17)19/h1-9,19H,10-11H2/t17-/m0/s1. The summed E-state index contributed by atoms with van der Waals surface area (Å²) < 4.78 is 0. The number of nitrogens with one attached hydrogen (secondary N) is 1. The molecule has 0 bridgehead atoms. The summed E-state index contributed by atoms with van der Waals surface area (Å²) in [5.74, 6) is 0. The van der Waals surface area contributed by atoms with Gasteiger partial charge in [-0.25, -0.2) is 0 Å². The van der Waals surface area contributed by atoms with Crippen molar-refractivity contribution >= 4 is 5.71 Å². The maximum absolute atomic E-state index is 9.63. The van der Waals surface area contributed by atoms with E-state index in [-0.39, 0.29) is 0 Å². The van der Waals surface area contributed by atoms with Crippen molar-refractivity contribution in [3.05, 3.63) is 71.3 Å². The summed E-state index contributed by atoms with van der Waals surface area (Å²) in [6, 6.07) is 20.2. The Morgan fingerprint density at radius 2 is 1.74 bits per heavy atom. The molecule has 1 aliphatic rings. The summed E-state index contributed by atoms with van der Waals surface area (Å²) >= 11 is 0. The van der Waals surface area contributed by atoms with Crippen LogP contribution in [0, 0.1) is 22.2 Å². The minimum atomic E-state index is -0.703. The summed E-state index contributed by atoms with van der Waals surface area (Å²) in [6.07, 6.45) is 1.26. The van der Waals surface area contributed by atoms with Gasteiger partial charge >= 0.3 is 0 Å². The zero-order chi connectivity index (χ0) is 13.3. The SMILES string of the molecule is N#C[C@]1(Cc2ccccc2)Cc2ccccc2C1=N. The molecule has 0 aromatic heterocycles. The highest BCUT2D eigenvalue weighted by Gasteiger charge is 2.42. The van der Waals surface area contributed by atoms with Crippen LogP contribution in [0.3, 0.4) is 0 Å². The van der Waals surface area contributed by atoms with Crippen LogP contribution in [0.1, 0.15) is 16.7 Å². The molecule has 0 fully saturated rings. The molecule has 0 spiro atoms. The number of benzene rings is 2. The summed E-state index contributed by atoms with van der Waals surface area (Å²) in [5.41, 5.74) is 2.92. The third-order valence-electron chi connectivity index (χ3n) is 3.82. The van der Waals surface area contributed by atoms with Crippen molar-refractivity contribution in [3.8, 4) is 6.07 Å². The molecule has 19 heavy (non-hydrogen) atoms. The van der Waals surface area contributed by atoms with Crippen LogP contribution in [0.4, 0.5) is 0 Å². The Labute approximate surface area is 112 Å². The van der Waals surface area contributed by atoms with Crippen LogP contribution in [0.25, 0.3) is 0 Å². The Balaban J connectivity index is 2.00. The molecule has 2 aromatic rings. The molecule has 0 aliphatic heterocycles. The molecule has 0 radical (unpaired) electrons. The second-order valence-corrected chi connectivity index (χ2v) is 5.07. The maximum atomic E-state index is 9.63. The molecule has 2 aromatic carbocycles. The summed E-state index contributed by atoms with van der Waals surface area (Å²) in [5, 5.41) is 18.0. The van der Waals surface area contributed by atoms with Crippen LogP contribution in [0.5, 0.6) is 0 Å². The lowest BCUT2D eigenvalue weighted by molar-refractivity contribution is 0.557. The number of fused-ring (bicyclic) bond motifs is 1. The van der Waals surface area contributed by atoms with Crippen molar-refractivity contribution in [1.82, 2.24) is 0 Å². The number of hydrogen-bond donors (Lipinski definition) is 1. The molecule has 0 unspecified atom stereocenters. The van der Waals surface area contributed by atoms with E-state index in [1.54, 1.807) is 0 Å². The van der Waals surface area contributed by atoms with E-state index in [1.165, 1.54) is 0 Å². The third kappa shape index (κ3) is 1.84. The van der Waals surface area contributed by atoms with E-state index in [0.29, 0.717) is 18.6 Å². The van der Waals surface area contributed by atoms with Gasteiger partial charge in [-0.1, -0.05) is 54.6 Å². The smallest absolute Gasteiger partial charge is 0.107 e. The Hall–Kier alpha value is -2.40. The van der Waals surface area contributed by atoms with Gasteiger partial charge in [-0.3, -0.25) is 0 Å². The van der Waals surface area contributed by atoms with Crippen molar-refractivity contribution in [2.75, 3.05) is 0 Å². The van der Waals surface area contributed by atoms with E-state index in [4.69, 9.17) is 5.41 Å². The number of nitriles is 1. The fraction of sp³-hybridized carbons (Fsp3) is 0.176. The second kappa shape index (κ2) is 4.37. The Morgan fingerprint density at radius 3 is 2.42 bits per heavy atom. The Bertz CT molecular complexity index is 667. The minimum absolute atomic E-state index is 0.467. The van der Waals surface area contributed by atoms with Crippen LogP contribution in [-0.4, -0.2) is 5.71 Å². The van der Waals surface area contributed by atoms with Gasteiger partial charge in [-0.15, -0.1) is 0 Å². The van der Waals surface area contributed by atoms with Crippen molar-refractivity contribution in [1.29, 1.82) is 10.7 Å². The number of hydrogen-bond acceptors (Lipinski definition) is 2. The molecule has 1 atom stereocenters. The van der Waals surface area contributed by atoms with Gasteiger partial charge in [-0.2, -0.15) is 5.26 Å². The van der Waals surface area contributed by atoms with Crippen molar-refractivity contribution < 1.29 is 0 Å². The molecule has 1 aliphatic carbocycles. The molecular formula is C17H14N2. The van der Waals surface area contributed by atoms with E-state index < -0.39 is 5.41 Å². The van der Waals surface area contributed by atoms with E-state index in [1.807, 2.05) is 54.6 Å². The predicted octanol–water partition coefficient (Wildman–Crippen LogP) is 3.36. The molecule has 0 amide bonds. The lowest BCUT2D eigenvalue weighted by Gasteiger charge is -2.20. The quantitative estimate of drug-likeness (QED) is 0.867. The highest BCUT2D eigenvalue weighted by Crippen LogP contribution is 2.38. The van der Waals surface area contributed by atoms with E-state index in [9.17, 15) is 5.26 Å². The molecule has 0 heterocycles. The monoisotopic (exact) mass is 246 g/mol. The molecule has 2 nitrogen and oxygen atoms in total. The fourth-order valence-electron chi connectivity index (χ4n) is 2.82. The number of rotatable bonds is 2. The van der Waals surface area contributed by atoms with Crippen LogP contribution < -0.4 is 0 Å². The number of nitrogens with zero attached hydrogens (tertiary/aromatic N) is 1. The Kier molecular flexibility index (Phi) is 2.68. The normalized spacial score (nSPS) is 20.9. The van der Waals surface area contributed by atoms with E-state index in [0.717, 1.165) is 16.7 Å². The molecular weight excluding hydrogens is 232 g/mol. The zero-order valence-corrected chi connectivity index (χ0v) is 10.6. The van der Waals surface area contributed by atoms with Gasteiger partial charge in [0.15, 0.2) is 0 Å². The van der Waals surface area contributed by atoms with Gasteiger partial charge in [0.1, 0.15) is 5.41 Å². The van der Waals surface area contributed by atoms with Crippen molar-refractivity contribution in [2.24, 2.45) is 5.41 Å². The zero-order valence-electron chi connectivity index (χ0n) is 10.6. The van der Waals surface area contributed by atoms with Crippen LogP contribution in [0.15, 0.2) is 54.6 Å². The Morgan fingerprint density at radius 1 is 1.05 bits per heavy atom. The van der Waals surface area contributed by atoms with Gasteiger partial charge in [0, 0.05) is 5.56 Å². The largest absolute Gasteiger partial charge is 0.303 e. The third-order valence-corrected chi connectivity index (χ3v) is 3.82. The lowest BCUT2D eigenvalue weighted by atomic mass is 9.79. The van der Waals surface area contributed by atoms with Crippen molar-refractivity contribution in [3.63, 3.8) is 0 Å². The highest BCUT2D eigenvalue weighted by atomic mass is 14.6. The second-order valence-electron chi connectivity index (χ2n) is 5.07. The van der Waals surface area contributed by atoms with Gasteiger partial charge in [0.2, 0.25) is 0 Å². The molecule has 92 valence electrons. The van der Waals surface area contributed by atoms with Crippen molar-refractivity contribution in [2.45, 2.75) is 12.8 Å². The molecule has 0 saturated heterocycles. The van der Waals surface area contributed by atoms with Crippen LogP contribution >= 0.6 is 0 Å². The first-order valence-electron chi connectivity index (χ1n) is 6.38. The summed E-state index contributed by atoms with van der Waals surface area (Å²) in [6.45, 7) is 0. The summed E-state index contributed by atoms with van der Waals surface area (Å²) in [4.78, 5) is 0. The first kappa shape index (κ1) is 11.7. The average Bonchev–Trinajstić information content (AvgIpc) is 2.74. The highest BCUT2D eigenvalue weighted by molar-refractivity contribution is 6.08. The molecule has 0 saturated carbocycles. The minimum Gasteiger partial charge on any atom is -0.303 e. The van der Waals surface area contributed by atoms with Gasteiger partial charge in [0.25, 0.3) is 0 Å². The first-order valence-corrected chi connectivity index (χ1v) is 6.38. The first-order chi connectivity index (χ1) is 9.25.